The highest BCUT2D eigenvalue weighted by Crippen LogP contribution is 2.57. The Morgan fingerprint density at radius 1 is 0.877 bits per heavy atom. The van der Waals surface area contributed by atoms with Crippen molar-refractivity contribution in [1.82, 2.24) is 14.5 Å². The molecular weight excluding hydrogens is 947 g/mol. The van der Waals surface area contributed by atoms with Crippen molar-refractivity contribution in [2.75, 3.05) is 55.4 Å². The molecule has 6 heterocycles. The minimum atomic E-state index is -1.97. The Balaban J connectivity index is 0.823. The maximum atomic E-state index is 14.2. The molecule has 5 aliphatic rings. The number of phenolic OH excluding ortho intramolecular Hbond substituents is 1. The summed E-state index contributed by atoms with van der Waals surface area (Å²) in [5.74, 6) is -2.49. The molecule has 2 aromatic heterocycles. The van der Waals surface area contributed by atoms with Crippen molar-refractivity contribution in [3.63, 3.8) is 0 Å². The molecule has 0 spiro atoms. The number of aromatic hydroxyl groups is 1. The standard InChI is InChI=1S/C54H49N3O16/c1-7-54(36-19-38-47-28(20-57(38)50(60)34(36)22-69-53(54)63)14-30-33(21-56(2)3)39(58)13-12-37(30)55-47)73-44(59)24-67-29-10-8-26(9-11-29)51(61)72-48-32-18-41-40(70-25-71-41)17-31(32)45(46-35(48)23-68-52(46)62)27-15-42(64-4)49(66-6)43(16-27)65-5/h8-19,35,45-46,48,58H,7,20-25H2,1-6H3/t35-,45+,46+,48?,54?/m1/s1. The molecule has 11 rings (SSSR count). The van der Waals surface area contributed by atoms with Crippen LogP contribution in [0.5, 0.6) is 40.2 Å². The van der Waals surface area contributed by atoms with E-state index in [9.17, 15) is 29.1 Å². The third-order valence-corrected chi connectivity index (χ3v) is 14.4. The Hall–Kier alpha value is -8.32. The summed E-state index contributed by atoms with van der Waals surface area (Å²) in [5, 5.41) is 11.5. The van der Waals surface area contributed by atoms with Gasteiger partial charge in [-0.1, -0.05) is 6.92 Å². The number of cyclic esters (lactones) is 2. The summed E-state index contributed by atoms with van der Waals surface area (Å²) in [5.41, 5.74) is 3.13. The third-order valence-electron chi connectivity index (χ3n) is 14.4. The Labute approximate surface area is 416 Å². The largest absolute Gasteiger partial charge is 0.508 e. The quantitative estimate of drug-likeness (QED) is 0.102. The molecule has 19 nitrogen and oxygen atoms in total. The van der Waals surface area contributed by atoms with Gasteiger partial charge in [0.2, 0.25) is 18.1 Å². The number of ether oxygens (including phenoxy) is 10. The molecule has 6 aromatic rings. The summed E-state index contributed by atoms with van der Waals surface area (Å²) in [6.45, 7) is 1.33. The van der Waals surface area contributed by atoms with Crippen LogP contribution >= 0.6 is 0 Å². The number of benzene rings is 4. The summed E-state index contributed by atoms with van der Waals surface area (Å²) >= 11 is 0. The summed E-state index contributed by atoms with van der Waals surface area (Å²) in [7, 11) is 8.31. The topological polar surface area (TPSA) is 219 Å². The van der Waals surface area contributed by atoms with Gasteiger partial charge in [0.15, 0.2) is 29.6 Å². The average molecular weight is 996 g/mol. The monoisotopic (exact) mass is 995 g/mol. The van der Waals surface area contributed by atoms with E-state index >= 15 is 0 Å². The number of pyridine rings is 2. The molecular formula is C54H49N3O16. The molecule has 1 aliphatic carbocycles. The SMILES string of the molecule is CCC1(OC(=O)COc2ccc(C(=O)OC3c4cc5c(cc4[C@H](c4cc(OC)c(OC)c(OC)c4)[C@H]4C(=O)OC[C@@H]34)OCO5)cc2)C(=O)OCc2c1cc1n(c2=O)Cc2cc3c(CN(C)C)c(O)ccc3nc2-1. The van der Waals surface area contributed by atoms with Crippen LogP contribution in [0.2, 0.25) is 0 Å². The number of aromatic nitrogens is 2. The average Bonchev–Trinajstić information content (AvgIpc) is 4.12. The number of fused-ring (bicyclic) bond motifs is 8. The van der Waals surface area contributed by atoms with Gasteiger partial charge in [0.1, 0.15) is 24.2 Å². The maximum absolute atomic E-state index is 14.2. The van der Waals surface area contributed by atoms with Crippen molar-refractivity contribution >= 4 is 34.8 Å². The van der Waals surface area contributed by atoms with Crippen molar-refractivity contribution in [3.05, 3.63) is 128 Å². The van der Waals surface area contributed by atoms with Crippen LogP contribution in [0.3, 0.4) is 0 Å². The minimum Gasteiger partial charge on any atom is -0.508 e. The number of esters is 4. The van der Waals surface area contributed by atoms with Gasteiger partial charge in [0, 0.05) is 46.0 Å². The van der Waals surface area contributed by atoms with E-state index in [-0.39, 0.29) is 61.2 Å². The number of phenols is 1. The molecule has 376 valence electrons. The Morgan fingerprint density at radius 3 is 2.29 bits per heavy atom. The van der Waals surface area contributed by atoms with Gasteiger partial charge >= 0.3 is 23.9 Å². The zero-order valence-corrected chi connectivity index (χ0v) is 40.6. The van der Waals surface area contributed by atoms with Crippen molar-refractivity contribution in [3.8, 4) is 51.6 Å². The second kappa shape index (κ2) is 18.1. The Kier molecular flexibility index (Phi) is 11.6. The molecule has 0 radical (unpaired) electrons. The van der Waals surface area contributed by atoms with E-state index in [4.69, 9.17) is 52.4 Å². The van der Waals surface area contributed by atoms with Crippen molar-refractivity contribution in [2.24, 2.45) is 11.8 Å². The number of carbonyl (C=O) groups excluding carboxylic acids is 4. The molecule has 4 aromatic carbocycles. The summed E-state index contributed by atoms with van der Waals surface area (Å²) in [6.07, 6.45) is -1.00. The fourth-order valence-electron chi connectivity index (χ4n) is 10.9. The third kappa shape index (κ3) is 7.67. The molecule has 0 bridgehead atoms. The highest BCUT2D eigenvalue weighted by Gasteiger charge is 2.55. The minimum absolute atomic E-state index is 0.0140. The van der Waals surface area contributed by atoms with Gasteiger partial charge < -0.3 is 61.9 Å². The lowest BCUT2D eigenvalue weighted by Crippen LogP contribution is -2.48. The van der Waals surface area contributed by atoms with Crippen LogP contribution in [0, 0.1) is 11.8 Å². The van der Waals surface area contributed by atoms with E-state index in [0.29, 0.717) is 74.5 Å². The first-order valence-corrected chi connectivity index (χ1v) is 23.5. The van der Waals surface area contributed by atoms with Gasteiger partial charge in [-0.3, -0.25) is 9.59 Å². The molecule has 0 amide bonds. The fraction of sp³-hybridized carbons (Fsp3) is 0.333. The molecule has 1 N–H and O–H groups in total. The van der Waals surface area contributed by atoms with Gasteiger partial charge in [0.05, 0.1) is 68.4 Å². The first kappa shape index (κ1) is 47.0. The first-order valence-electron chi connectivity index (χ1n) is 23.5. The zero-order chi connectivity index (χ0) is 51.0. The lowest BCUT2D eigenvalue weighted by Gasteiger charge is -2.38. The van der Waals surface area contributed by atoms with Crippen LogP contribution in [0.15, 0.2) is 77.6 Å². The predicted molar refractivity (Wildman–Crippen MR) is 256 cm³/mol. The van der Waals surface area contributed by atoms with Gasteiger partial charge in [-0.15, -0.1) is 0 Å². The van der Waals surface area contributed by atoms with Crippen LogP contribution in [-0.4, -0.2) is 98.9 Å². The maximum Gasteiger partial charge on any atom is 0.355 e. The Morgan fingerprint density at radius 2 is 1.60 bits per heavy atom. The molecule has 4 aliphatic heterocycles. The number of nitrogens with zero attached hydrogens (tertiary/aromatic N) is 3. The number of hydrogen-bond acceptors (Lipinski definition) is 18. The van der Waals surface area contributed by atoms with E-state index in [0.717, 1.165) is 10.9 Å². The molecule has 2 unspecified atom stereocenters. The van der Waals surface area contributed by atoms with Gasteiger partial charge in [-0.05, 0) is 104 Å². The van der Waals surface area contributed by atoms with Gasteiger partial charge in [-0.2, -0.15) is 0 Å². The zero-order valence-electron chi connectivity index (χ0n) is 40.6. The number of rotatable bonds is 13. The second-order valence-electron chi connectivity index (χ2n) is 18.6. The fourth-order valence-corrected chi connectivity index (χ4v) is 10.9. The normalized spacial score (nSPS) is 20.8. The summed E-state index contributed by atoms with van der Waals surface area (Å²) in [4.78, 5) is 76.2. The van der Waals surface area contributed by atoms with Gasteiger partial charge in [-0.25, -0.2) is 19.4 Å². The highest BCUT2D eigenvalue weighted by molar-refractivity contribution is 5.91. The predicted octanol–water partition coefficient (Wildman–Crippen LogP) is 6.06. The van der Waals surface area contributed by atoms with Crippen molar-refractivity contribution in [1.29, 1.82) is 0 Å². The smallest absolute Gasteiger partial charge is 0.355 e. The van der Waals surface area contributed by atoms with E-state index < -0.39 is 65.5 Å². The van der Waals surface area contributed by atoms with E-state index in [1.807, 2.05) is 25.1 Å². The lowest BCUT2D eigenvalue weighted by atomic mass is 9.66. The molecule has 1 fully saturated rings. The summed E-state index contributed by atoms with van der Waals surface area (Å²) in [6, 6.07) is 19.9. The van der Waals surface area contributed by atoms with E-state index in [1.165, 1.54) is 45.6 Å². The van der Waals surface area contributed by atoms with Crippen LogP contribution in [0.4, 0.5) is 0 Å². The molecule has 1 saturated heterocycles. The number of carbonyl (C=O) groups is 4. The number of methoxy groups -OCH3 is 3. The Bertz CT molecular complexity index is 3340. The molecule has 5 atom stereocenters. The van der Waals surface area contributed by atoms with Crippen LogP contribution in [0.1, 0.15) is 74.7 Å². The van der Waals surface area contributed by atoms with Crippen molar-refractivity contribution < 1.29 is 71.7 Å². The van der Waals surface area contributed by atoms with Crippen molar-refractivity contribution in [2.45, 2.75) is 50.7 Å². The van der Waals surface area contributed by atoms with Crippen LogP contribution in [-0.2, 0) is 58.6 Å². The van der Waals surface area contributed by atoms with Crippen LogP contribution in [0.25, 0.3) is 22.3 Å². The molecule has 0 saturated carbocycles. The molecule has 19 heteroatoms. The van der Waals surface area contributed by atoms with E-state index in [1.54, 1.807) is 54.0 Å². The van der Waals surface area contributed by atoms with Crippen LogP contribution < -0.4 is 34.0 Å². The second-order valence-corrected chi connectivity index (χ2v) is 18.6. The summed E-state index contributed by atoms with van der Waals surface area (Å²) < 4.78 is 59.2. The lowest BCUT2D eigenvalue weighted by molar-refractivity contribution is -0.190. The van der Waals surface area contributed by atoms with Gasteiger partial charge in [0.25, 0.3) is 5.56 Å². The highest BCUT2D eigenvalue weighted by atomic mass is 16.7. The number of hydrogen-bond donors (Lipinski definition) is 1. The molecule has 73 heavy (non-hydrogen) atoms. The first-order chi connectivity index (χ1) is 35.2. The van der Waals surface area contributed by atoms with E-state index in [2.05, 4.69) is 0 Å².